The van der Waals surface area contributed by atoms with Crippen molar-refractivity contribution in [1.82, 2.24) is 0 Å². The van der Waals surface area contributed by atoms with Crippen LogP contribution in [0.15, 0.2) is 30.5 Å². The van der Waals surface area contributed by atoms with E-state index < -0.39 is 47.2 Å². The Morgan fingerprint density at radius 3 is 2.45 bits per heavy atom. The predicted octanol–water partition coefficient (Wildman–Crippen LogP) is 4.03. The molecule has 0 saturated carbocycles. The number of methoxy groups -OCH3 is 1. The first-order valence-electron chi connectivity index (χ1n) is 12.0. The highest BCUT2D eigenvalue weighted by atomic mass is 19.4. The number of anilines is 1. The number of rotatable bonds is 8. The van der Waals surface area contributed by atoms with E-state index in [4.69, 9.17) is 14.2 Å². The van der Waals surface area contributed by atoms with Crippen molar-refractivity contribution < 1.29 is 51.6 Å². The third kappa shape index (κ3) is 5.87. The van der Waals surface area contributed by atoms with Gasteiger partial charge in [0.1, 0.15) is 23.4 Å². The molecule has 4 atom stereocenters. The molecule has 210 valence electrons. The fourth-order valence-electron chi connectivity index (χ4n) is 4.66. The molecule has 0 aliphatic carbocycles. The summed E-state index contributed by atoms with van der Waals surface area (Å²) < 4.78 is 73.3. The molecule has 1 aliphatic heterocycles. The maximum absolute atomic E-state index is 14.2. The third-order valence-electron chi connectivity index (χ3n) is 6.95. The van der Waals surface area contributed by atoms with Gasteiger partial charge in [-0.3, -0.25) is 10.0 Å². The van der Waals surface area contributed by atoms with E-state index >= 15 is 0 Å². The lowest BCUT2D eigenvalue weighted by Gasteiger charge is -2.32. The zero-order valence-electron chi connectivity index (χ0n) is 22.0. The van der Waals surface area contributed by atoms with Gasteiger partial charge >= 0.3 is 6.18 Å². The van der Waals surface area contributed by atoms with E-state index in [0.717, 1.165) is 17.7 Å². The van der Waals surface area contributed by atoms with Gasteiger partial charge in [0, 0.05) is 33.8 Å². The van der Waals surface area contributed by atoms with Crippen LogP contribution in [0.4, 0.5) is 23.2 Å². The summed E-state index contributed by atoms with van der Waals surface area (Å²) in [4.78, 5) is 13.3. The molecule has 0 spiro atoms. The Morgan fingerprint density at radius 1 is 1.24 bits per heavy atom. The normalized spacial score (nSPS) is 23.9. The Labute approximate surface area is 218 Å². The van der Waals surface area contributed by atoms with E-state index in [1.165, 1.54) is 59.2 Å². The molecule has 1 aromatic heterocycles. The van der Waals surface area contributed by atoms with Crippen LogP contribution in [0.1, 0.15) is 50.4 Å². The van der Waals surface area contributed by atoms with E-state index in [-0.39, 0.29) is 35.6 Å². The first-order chi connectivity index (χ1) is 17.5. The summed E-state index contributed by atoms with van der Waals surface area (Å²) in [7, 11) is 1.28. The molecule has 8 nitrogen and oxygen atoms in total. The van der Waals surface area contributed by atoms with Crippen LogP contribution in [-0.4, -0.2) is 53.6 Å². The van der Waals surface area contributed by atoms with Gasteiger partial charge in [0.05, 0.1) is 20.1 Å². The van der Waals surface area contributed by atoms with Crippen LogP contribution in [0, 0.1) is 18.7 Å². The van der Waals surface area contributed by atoms with Gasteiger partial charge in [-0.25, -0.2) is 4.39 Å². The predicted molar refractivity (Wildman–Crippen MR) is 127 cm³/mol. The topological polar surface area (TPSA) is 101 Å². The Balaban J connectivity index is 1.92. The molecule has 0 radical (unpaired) electrons. The molecule has 1 saturated heterocycles. The summed E-state index contributed by atoms with van der Waals surface area (Å²) in [5, 5.41) is 22.4. The van der Waals surface area contributed by atoms with E-state index in [0.29, 0.717) is 5.69 Å². The molecule has 3 rings (SSSR count). The average molecular weight is 546 g/mol. The Bertz CT molecular complexity index is 1180. The van der Waals surface area contributed by atoms with Crippen LogP contribution in [-0.2, 0) is 20.7 Å². The number of benzene rings is 1. The summed E-state index contributed by atoms with van der Waals surface area (Å²) in [6, 6.07) is 5.38. The van der Waals surface area contributed by atoms with Gasteiger partial charge in [-0.1, -0.05) is 13.0 Å². The lowest BCUT2D eigenvalue weighted by atomic mass is 9.76. The van der Waals surface area contributed by atoms with Crippen LogP contribution >= 0.6 is 0 Å². The number of aromatic nitrogens is 1. The monoisotopic (exact) mass is 545 g/mol. The zero-order chi connectivity index (χ0) is 28.6. The number of alkyl halides is 3. The highest BCUT2D eigenvalue weighted by molar-refractivity contribution is 5.95. The second-order valence-corrected chi connectivity index (χ2v) is 10.0. The Hall–Kier alpha value is -2.96. The first-order valence-corrected chi connectivity index (χ1v) is 12.0. The number of pyridine rings is 1. The summed E-state index contributed by atoms with van der Waals surface area (Å²) in [6.07, 6.45) is -5.00. The number of nitrogens with one attached hydrogen (secondary N) is 1. The van der Waals surface area contributed by atoms with Crippen LogP contribution in [0.2, 0.25) is 0 Å². The second kappa shape index (κ2) is 10.7. The van der Waals surface area contributed by atoms with Gasteiger partial charge in [0.2, 0.25) is 11.9 Å². The minimum atomic E-state index is -4.80. The van der Waals surface area contributed by atoms with Crippen molar-refractivity contribution in [1.29, 1.82) is 0 Å². The zero-order valence-corrected chi connectivity index (χ0v) is 22.0. The summed E-state index contributed by atoms with van der Waals surface area (Å²) in [5.74, 6) is -5.15. The molecular weight excluding hydrogens is 512 g/mol. The van der Waals surface area contributed by atoms with Crippen LogP contribution in [0.5, 0.6) is 5.75 Å². The van der Waals surface area contributed by atoms with E-state index in [9.17, 15) is 32.7 Å². The molecule has 1 unspecified atom stereocenters. The number of hydrogen-bond donors (Lipinski definition) is 3. The van der Waals surface area contributed by atoms with Crippen molar-refractivity contribution in [2.75, 3.05) is 19.0 Å². The van der Waals surface area contributed by atoms with Crippen LogP contribution < -0.4 is 14.8 Å². The lowest BCUT2D eigenvalue weighted by molar-refractivity contribution is -0.909. The molecule has 1 amide bonds. The Kier molecular flexibility index (Phi) is 8.30. The molecular formula is C26H33F4N2O6+. The molecule has 1 fully saturated rings. The van der Waals surface area contributed by atoms with Gasteiger partial charge < -0.3 is 24.6 Å². The molecule has 3 N–H and O–H groups in total. The standard InChI is InChI=1S/C26H32F4N2O6/c1-14-19(27)10-9-18(21(14)36-6)20-15(2)25(5,26(28,29)30)38-22(20)23(33)31-16-7-8-17(32(35)13-16)11-12-37-24(3,4)34/h7-10,13,15,20,22,34H,11-12H2,1-6H3,(H-,31,33,35)/p+1/t15-,20-,22?,25+/m0/s1. The van der Waals surface area contributed by atoms with Crippen molar-refractivity contribution in [3.05, 3.63) is 53.1 Å². The summed E-state index contributed by atoms with van der Waals surface area (Å²) >= 11 is 0. The molecule has 12 heteroatoms. The number of hydrogen-bond acceptors (Lipinski definition) is 6. The Morgan fingerprint density at radius 2 is 1.89 bits per heavy atom. The van der Waals surface area contributed by atoms with Crippen molar-refractivity contribution >= 4 is 11.6 Å². The van der Waals surface area contributed by atoms with E-state index in [1.54, 1.807) is 0 Å². The van der Waals surface area contributed by atoms with Gasteiger partial charge in [-0.15, -0.1) is 0 Å². The van der Waals surface area contributed by atoms with Crippen LogP contribution in [0.25, 0.3) is 0 Å². The van der Waals surface area contributed by atoms with E-state index in [2.05, 4.69) is 5.32 Å². The van der Waals surface area contributed by atoms with Gasteiger partial charge in [0.15, 0.2) is 11.4 Å². The molecule has 2 heterocycles. The third-order valence-corrected chi connectivity index (χ3v) is 6.95. The first kappa shape index (κ1) is 29.6. The smallest absolute Gasteiger partial charge is 0.417 e. The highest BCUT2D eigenvalue weighted by Crippen LogP contribution is 2.55. The van der Waals surface area contributed by atoms with Crippen molar-refractivity contribution in [3.8, 4) is 5.75 Å². The molecule has 0 bridgehead atoms. The number of nitrogens with zero attached hydrogens (tertiary/aromatic N) is 1. The van der Waals surface area contributed by atoms with Gasteiger partial charge in [-0.2, -0.15) is 13.2 Å². The number of carbonyl (C=O) groups excluding carboxylic acids is 1. The summed E-state index contributed by atoms with van der Waals surface area (Å²) in [6.45, 7) is 6.67. The highest BCUT2D eigenvalue weighted by Gasteiger charge is 2.65. The molecule has 1 aromatic carbocycles. The number of halogens is 4. The minimum Gasteiger partial charge on any atom is -0.496 e. The maximum atomic E-state index is 14.2. The summed E-state index contributed by atoms with van der Waals surface area (Å²) in [5.41, 5.74) is -1.86. The second-order valence-electron chi connectivity index (χ2n) is 10.0. The molecule has 2 aromatic rings. The fourth-order valence-corrected chi connectivity index (χ4v) is 4.66. The number of carbonyl (C=O) groups is 1. The average Bonchev–Trinajstić information content (AvgIpc) is 3.08. The SMILES string of the molecule is COc1c([C@H]2C(C(=O)Nc3ccc(CCOC(C)(C)O)[n+](O)c3)O[C@@](C)(C(F)(F)F)[C@H]2C)ccc(F)c1C. The number of aliphatic hydroxyl groups is 1. The van der Waals surface area contributed by atoms with Gasteiger partial charge in [-0.05, 0) is 39.8 Å². The van der Waals surface area contributed by atoms with E-state index in [1.807, 2.05) is 0 Å². The maximum Gasteiger partial charge on any atom is 0.417 e. The number of ether oxygens (including phenoxy) is 3. The van der Waals surface area contributed by atoms with Crippen molar-refractivity contribution in [2.45, 2.75) is 70.6 Å². The minimum absolute atomic E-state index is 0.0421. The largest absolute Gasteiger partial charge is 0.496 e. The molecule has 38 heavy (non-hydrogen) atoms. The van der Waals surface area contributed by atoms with Crippen molar-refractivity contribution in [2.24, 2.45) is 5.92 Å². The van der Waals surface area contributed by atoms with Crippen LogP contribution in [0.3, 0.4) is 0 Å². The lowest BCUT2D eigenvalue weighted by Crippen LogP contribution is -2.47. The van der Waals surface area contributed by atoms with Crippen molar-refractivity contribution in [3.63, 3.8) is 0 Å². The quantitative estimate of drug-likeness (QED) is 0.201. The van der Waals surface area contributed by atoms with Gasteiger partial charge in [0.25, 0.3) is 5.91 Å². The fraction of sp³-hybridized carbons (Fsp3) is 0.538. The molecule has 1 aliphatic rings. The number of amides is 1.